The summed E-state index contributed by atoms with van der Waals surface area (Å²) >= 11 is 9.88. The Morgan fingerprint density at radius 1 is 2.00 bits per heavy atom. The molecule has 0 aliphatic rings. The van der Waals surface area contributed by atoms with Crippen LogP contribution in [0.3, 0.4) is 0 Å². The summed E-state index contributed by atoms with van der Waals surface area (Å²) in [4.78, 5) is 0. The highest BCUT2D eigenvalue weighted by Crippen LogP contribution is 2.01. The van der Waals surface area contributed by atoms with E-state index >= 15 is 0 Å². The molecule has 0 aromatic carbocycles. The lowest BCUT2D eigenvalue weighted by Crippen LogP contribution is -2.17. The molecule has 0 saturated heterocycles. The molecule has 0 rings (SSSR count). The number of ether oxygens (including phenoxy) is 1. The standard InChI is InChI=1S/C4H8ClNOS/c1-2-3(5)7-4(6)8/h3H,2H2,1H3,(H2,6,8). The maximum absolute atomic E-state index is 5.47. The van der Waals surface area contributed by atoms with Gasteiger partial charge in [-0.2, -0.15) is 0 Å². The Morgan fingerprint density at radius 3 is 2.62 bits per heavy atom. The summed E-state index contributed by atoms with van der Waals surface area (Å²) in [7, 11) is 0. The van der Waals surface area contributed by atoms with Crippen molar-refractivity contribution >= 4 is 29.0 Å². The van der Waals surface area contributed by atoms with Gasteiger partial charge in [-0.3, -0.25) is 0 Å². The van der Waals surface area contributed by atoms with E-state index in [9.17, 15) is 0 Å². The second-order valence-corrected chi connectivity index (χ2v) is 2.14. The highest BCUT2D eigenvalue weighted by atomic mass is 35.5. The zero-order chi connectivity index (χ0) is 6.57. The third kappa shape index (κ3) is 4.15. The summed E-state index contributed by atoms with van der Waals surface area (Å²) in [6, 6.07) is 0. The van der Waals surface area contributed by atoms with Gasteiger partial charge in [0.05, 0.1) is 0 Å². The Balaban J connectivity index is 3.24. The largest absolute Gasteiger partial charge is 0.452 e. The van der Waals surface area contributed by atoms with Crippen LogP contribution in [0, 0.1) is 0 Å². The third-order valence-corrected chi connectivity index (χ3v) is 1.06. The van der Waals surface area contributed by atoms with E-state index in [0.29, 0.717) is 6.42 Å². The van der Waals surface area contributed by atoms with E-state index in [0.717, 1.165) is 0 Å². The van der Waals surface area contributed by atoms with Crippen LogP contribution >= 0.6 is 23.8 Å². The SMILES string of the molecule is CCC(Cl)OC(N)=S. The van der Waals surface area contributed by atoms with E-state index in [4.69, 9.17) is 17.3 Å². The quantitative estimate of drug-likeness (QED) is 0.479. The number of thiocarbonyl (C=S) groups is 1. The maximum Gasteiger partial charge on any atom is 0.255 e. The highest BCUT2D eigenvalue weighted by molar-refractivity contribution is 7.80. The molecule has 0 radical (unpaired) electrons. The van der Waals surface area contributed by atoms with E-state index in [1.807, 2.05) is 6.92 Å². The summed E-state index contributed by atoms with van der Waals surface area (Å²) in [6.45, 7) is 1.88. The van der Waals surface area contributed by atoms with Crippen molar-refractivity contribution in [3.63, 3.8) is 0 Å². The zero-order valence-corrected chi connectivity index (χ0v) is 6.13. The fourth-order valence-corrected chi connectivity index (χ4v) is 0.474. The second kappa shape index (κ2) is 3.92. The summed E-state index contributed by atoms with van der Waals surface area (Å²) in [5, 5.41) is 0.00634. The van der Waals surface area contributed by atoms with Crippen molar-refractivity contribution < 1.29 is 4.74 Å². The van der Waals surface area contributed by atoms with Crippen LogP contribution in [-0.2, 0) is 4.74 Å². The molecule has 0 saturated carbocycles. The predicted molar refractivity (Wildman–Crippen MR) is 37.8 cm³/mol. The normalized spacial score (nSPS) is 12.8. The summed E-state index contributed by atoms with van der Waals surface area (Å²) in [5.74, 6) is 0. The molecule has 48 valence electrons. The lowest BCUT2D eigenvalue weighted by molar-refractivity contribution is 0.267. The van der Waals surface area contributed by atoms with Gasteiger partial charge in [0.1, 0.15) is 0 Å². The van der Waals surface area contributed by atoms with E-state index in [-0.39, 0.29) is 10.7 Å². The first-order chi connectivity index (χ1) is 3.66. The van der Waals surface area contributed by atoms with Crippen LogP contribution in [0.5, 0.6) is 0 Å². The minimum absolute atomic E-state index is 0.00634. The average molecular weight is 154 g/mol. The molecule has 4 heteroatoms. The first kappa shape index (κ1) is 7.98. The highest BCUT2D eigenvalue weighted by Gasteiger charge is 1.99. The molecule has 0 amide bonds. The molecule has 1 unspecified atom stereocenters. The van der Waals surface area contributed by atoms with Crippen molar-refractivity contribution in [2.75, 3.05) is 0 Å². The van der Waals surface area contributed by atoms with Gasteiger partial charge in [0, 0.05) is 0 Å². The van der Waals surface area contributed by atoms with Crippen LogP contribution in [0.15, 0.2) is 0 Å². The smallest absolute Gasteiger partial charge is 0.255 e. The summed E-state index contributed by atoms with van der Waals surface area (Å²) < 4.78 is 4.67. The minimum atomic E-state index is -0.368. The number of halogens is 1. The minimum Gasteiger partial charge on any atom is -0.452 e. The zero-order valence-electron chi connectivity index (χ0n) is 4.56. The number of nitrogens with two attached hydrogens (primary N) is 1. The molecule has 0 fully saturated rings. The van der Waals surface area contributed by atoms with Gasteiger partial charge < -0.3 is 10.5 Å². The van der Waals surface area contributed by atoms with Crippen molar-refractivity contribution in [1.29, 1.82) is 0 Å². The Bertz CT molecular complexity index is 88.1. The molecular formula is C4H8ClNOS. The molecule has 8 heavy (non-hydrogen) atoms. The summed E-state index contributed by atoms with van der Waals surface area (Å²) in [6.07, 6.45) is 0.707. The average Bonchev–Trinajstić information content (AvgIpc) is 1.65. The third-order valence-electron chi connectivity index (χ3n) is 0.565. The van der Waals surface area contributed by atoms with E-state index in [2.05, 4.69) is 17.0 Å². The molecular weight excluding hydrogens is 146 g/mol. The Hall–Kier alpha value is -0.0200. The first-order valence-corrected chi connectivity index (χ1v) is 3.11. The molecule has 0 heterocycles. The molecule has 2 nitrogen and oxygen atoms in total. The van der Waals surface area contributed by atoms with Crippen molar-refractivity contribution in [1.82, 2.24) is 0 Å². The molecule has 0 bridgehead atoms. The number of hydrogen-bond donors (Lipinski definition) is 1. The first-order valence-electron chi connectivity index (χ1n) is 2.27. The topological polar surface area (TPSA) is 35.2 Å². The molecule has 1 atom stereocenters. The molecule has 0 aliphatic heterocycles. The summed E-state index contributed by atoms with van der Waals surface area (Å²) in [5.41, 5.74) is 4.63. The molecule has 2 N–H and O–H groups in total. The monoisotopic (exact) mass is 153 g/mol. The van der Waals surface area contributed by atoms with Gasteiger partial charge in [0.15, 0.2) is 5.56 Å². The van der Waals surface area contributed by atoms with Gasteiger partial charge in [0.25, 0.3) is 5.17 Å². The van der Waals surface area contributed by atoms with Crippen LogP contribution < -0.4 is 5.73 Å². The van der Waals surface area contributed by atoms with E-state index in [1.165, 1.54) is 0 Å². The van der Waals surface area contributed by atoms with E-state index < -0.39 is 0 Å². The fraction of sp³-hybridized carbons (Fsp3) is 0.750. The predicted octanol–water partition coefficient (Wildman–Crippen LogP) is 1.22. The second-order valence-electron chi connectivity index (χ2n) is 1.26. The van der Waals surface area contributed by atoms with Crippen LogP contribution in [0.2, 0.25) is 0 Å². The maximum atomic E-state index is 5.47. The fourth-order valence-electron chi connectivity index (χ4n) is 0.209. The van der Waals surface area contributed by atoms with E-state index in [1.54, 1.807) is 0 Å². The van der Waals surface area contributed by atoms with Gasteiger partial charge in [0.2, 0.25) is 0 Å². The number of alkyl halides is 1. The number of hydrogen-bond acceptors (Lipinski definition) is 2. The van der Waals surface area contributed by atoms with Crippen molar-refractivity contribution in [2.45, 2.75) is 18.9 Å². The van der Waals surface area contributed by atoms with Gasteiger partial charge in [-0.05, 0) is 18.6 Å². The molecule has 0 spiro atoms. The van der Waals surface area contributed by atoms with Crippen LogP contribution in [0.1, 0.15) is 13.3 Å². The Kier molecular flexibility index (Phi) is 3.91. The van der Waals surface area contributed by atoms with Gasteiger partial charge in [-0.25, -0.2) is 0 Å². The van der Waals surface area contributed by atoms with Crippen molar-refractivity contribution in [2.24, 2.45) is 5.73 Å². The Morgan fingerprint density at radius 2 is 2.50 bits per heavy atom. The van der Waals surface area contributed by atoms with Crippen molar-refractivity contribution in [3.8, 4) is 0 Å². The van der Waals surface area contributed by atoms with Crippen LogP contribution in [-0.4, -0.2) is 10.7 Å². The van der Waals surface area contributed by atoms with Gasteiger partial charge >= 0.3 is 0 Å². The van der Waals surface area contributed by atoms with Gasteiger partial charge in [-0.1, -0.05) is 18.5 Å². The molecule has 0 aliphatic carbocycles. The van der Waals surface area contributed by atoms with Crippen LogP contribution in [0.4, 0.5) is 0 Å². The lowest BCUT2D eigenvalue weighted by Gasteiger charge is -2.05. The van der Waals surface area contributed by atoms with Crippen LogP contribution in [0.25, 0.3) is 0 Å². The number of rotatable bonds is 2. The van der Waals surface area contributed by atoms with Crippen molar-refractivity contribution in [3.05, 3.63) is 0 Å². The molecule has 0 aromatic rings. The molecule has 0 aromatic heterocycles. The van der Waals surface area contributed by atoms with Gasteiger partial charge in [-0.15, -0.1) is 0 Å². The lowest BCUT2D eigenvalue weighted by atomic mass is 10.5. The Labute approximate surface area is 58.9 Å².